The van der Waals surface area contributed by atoms with Gasteiger partial charge in [0.25, 0.3) is 0 Å². The molecular weight excluding hydrogens is 513 g/mol. The van der Waals surface area contributed by atoms with E-state index < -0.39 is 24.8 Å². The zero-order valence-electron chi connectivity index (χ0n) is 16.6. The van der Waals surface area contributed by atoms with Crippen molar-refractivity contribution in [3.05, 3.63) is 92.1 Å². The lowest BCUT2D eigenvalue weighted by Gasteiger charge is -2.19. The number of aromatic nitrogens is 2. The summed E-state index contributed by atoms with van der Waals surface area (Å²) in [7, 11) is -4.41. The van der Waals surface area contributed by atoms with Gasteiger partial charge in [-0.25, -0.2) is 9.59 Å². The largest absolute Gasteiger partial charge is 0.465 e. The molecule has 0 amide bonds. The van der Waals surface area contributed by atoms with Crippen LogP contribution >= 0.6 is 23.5 Å². The van der Waals surface area contributed by atoms with E-state index in [0.29, 0.717) is 11.1 Å². The van der Waals surface area contributed by atoms with Crippen LogP contribution < -0.4 is 5.69 Å². The van der Waals surface area contributed by atoms with Gasteiger partial charge in [-0.2, -0.15) is 8.78 Å². The monoisotopic (exact) mass is 530 g/mol. The summed E-state index contributed by atoms with van der Waals surface area (Å²) in [6, 6.07) is 10.1. The second kappa shape index (κ2) is 9.11. The van der Waals surface area contributed by atoms with Crippen LogP contribution in [0.2, 0.25) is 0 Å². The molecule has 0 spiro atoms. The number of imidazole rings is 1. The fourth-order valence-electron chi connectivity index (χ4n) is 3.01. The molecule has 0 radical (unpaired) electrons. The average molecular weight is 531 g/mol. The second-order valence-electron chi connectivity index (χ2n) is 6.92. The summed E-state index contributed by atoms with van der Waals surface area (Å²) < 4.78 is 46.3. The molecule has 0 aliphatic carbocycles. The minimum Gasteiger partial charge on any atom is -0.465 e. The maximum Gasteiger partial charge on any atom is 0.399 e. The van der Waals surface area contributed by atoms with E-state index in [1.807, 2.05) is 0 Å². The highest BCUT2D eigenvalue weighted by Gasteiger charge is 2.51. The van der Waals surface area contributed by atoms with Crippen LogP contribution in [0, 0.1) is 0 Å². The maximum absolute atomic E-state index is 14.0. The van der Waals surface area contributed by atoms with Crippen molar-refractivity contribution in [3.63, 3.8) is 0 Å². The third-order valence-corrected chi connectivity index (χ3v) is 6.35. The predicted molar refractivity (Wildman–Crippen MR) is 115 cm³/mol. The van der Waals surface area contributed by atoms with Crippen molar-refractivity contribution >= 4 is 29.5 Å². The SMILES string of the molecule is COC(=O)c1ccc(Cn2ccn(Cc3ccc(C(F)(F)P(=O)(O)O)c(Br)c3)c2=O)cc1. The Hall–Kier alpha value is -2.59. The Kier molecular flexibility index (Phi) is 6.85. The molecular formula is C20H18BrF2N2O6P. The Morgan fingerprint density at radius 2 is 1.59 bits per heavy atom. The molecule has 1 aromatic heterocycles. The number of hydrogen-bond donors (Lipinski definition) is 2. The van der Waals surface area contributed by atoms with Crippen molar-refractivity contribution in [1.29, 1.82) is 0 Å². The number of ether oxygens (including phenoxy) is 1. The van der Waals surface area contributed by atoms with Crippen LogP contribution in [0.1, 0.15) is 27.0 Å². The van der Waals surface area contributed by atoms with Crippen LogP contribution in [0.4, 0.5) is 8.78 Å². The van der Waals surface area contributed by atoms with E-state index in [2.05, 4.69) is 20.7 Å². The van der Waals surface area contributed by atoms with Gasteiger partial charge in [0.05, 0.1) is 25.8 Å². The van der Waals surface area contributed by atoms with Gasteiger partial charge in [0.15, 0.2) is 0 Å². The maximum atomic E-state index is 14.0. The molecule has 3 aromatic rings. The number of nitrogens with zero attached hydrogens (tertiary/aromatic N) is 2. The molecule has 3 rings (SSSR count). The van der Waals surface area contributed by atoms with E-state index in [9.17, 15) is 22.9 Å². The second-order valence-corrected chi connectivity index (χ2v) is 9.43. The average Bonchev–Trinajstić information content (AvgIpc) is 3.06. The Morgan fingerprint density at radius 1 is 1.06 bits per heavy atom. The predicted octanol–water partition coefficient (Wildman–Crippen LogP) is 3.52. The molecule has 0 atom stereocenters. The van der Waals surface area contributed by atoms with E-state index in [4.69, 9.17) is 9.79 Å². The first-order valence-corrected chi connectivity index (χ1v) is 11.5. The van der Waals surface area contributed by atoms with Crippen LogP contribution in [0.3, 0.4) is 0 Å². The highest BCUT2D eigenvalue weighted by Crippen LogP contribution is 2.60. The van der Waals surface area contributed by atoms with E-state index in [0.717, 1.165) is 11.6 Å². The molecule has 8 nitrogen and oxygen atoms in total. The molecule has 0 aliphatic rings. The van der Waals surface area contributed by atoms with Crippen LogP contribution in [0.25, 0.3) is 0 Å². The quantitative estimate of drug-likeness (QED) is 0.357. The number of esters is 1. The van der Waals surface area contributed by atoms with Gasteiger partial charge in [0.2, 0.25) is 0 Å². The van der Waals surface area contributed by atoms with Crippen molar-refractivity contribution in [3.8, 4) is 0 Å². The molecule has 0 aliphatic heterocycles. The minimum atomic E-state index is -5.70. The molecule has 12 heteroatoms. The summed E-state index contributed by atoms with van der Waals surface area (Å²) in [6.07, 6.45) is 3.11. The van der Waals surface area contributed by atoms with Crippen molar-refractivity contribution in [2.45, 2.75) is 18.8 Å². The molecule has 170 valence electrons. The van der Waals surface area contributed by atoms with Crippen molar-refractivity contribution in [2.75, 3.05) is 7.11 Å². The van der Waals surface area contributed by atoms with Gasteiger partial charge in [-0.05, 0) is 29.3 Å². The van der Waals surface area contributed by atoms with Crippen molar-refractivity contribution in [2.24, 2.45) is 0 Å². The number of benzene rings is 2. The molecule has 0 bridgehead atoms. The Labute approximate surface area is 189 Å². The van der Waals surface area contributed by atoms with Crippen LogP contribution in [0.15, 0.2) is 64.1 Å². The summed E-state index contributed by atoms with van der Waals surface area (Å²) in [4.78, 5) is 42.0. The molecule has 0 fully saturated rings. The lowest BCUT2D eigenvalue weighted by atomic mass is 10.1. The summed E-state index contributed by atoms with van der Waals surface area (Å²) in [5, 5.41) is 0. The summed E-state index contributed by atoms with van der Waals surface area (Å²) in [5.74, 6) is -0.462. The van der Waals surface area contributed by atoms with Crippen LogP contribution in [-0.4, -0.2) is 32.0 Å². The molecule has 32 heavy (non-hydrogen) atoms. The van der Waals surface area contributed by atoms with Gasteiger partial charge >= 0.3 is 24.9 Å². The van der Waals surface area contributed by atoms with Gasteiger partial charge < -0.3 is 14.5 Å². The fraction of sp³-hybridized carbons (Fsp3) is 0.200. The number of methoxy groups -OCH3 is 1. The molecule has 1 heterocycles. The van der Waals surface area contributed by atoms with Crippen LogP contribution in [0.5, 0.6) is 0 Å². The first-order valence-electron chi connectivity index (χ1n) is 9.09. The zero-order valence-corrected chi connectivity index (χ0v) is 19.1. The molecule has 0 saturated heterocycles. The fourth-order valence-corrected chi connectivity index (χ4v) is 4.35. The zero-order chi connectivity index (χ0) is 23.7. The van der Waals surface area contributed by atoms with E-state index in [1.165, 1.54) is 34.6 Å². The molecule has 2 aromatic carbocycles. The highest BCUT2D eigenvalue weighted by molar-refractivity contribution is 9.10. The standard InChI is InChI=1S/C20H18BrF2N2O6P/c1-31-18(26)15-5-2-13(3-6-15)11-24-8-9-25(19(24)27)12-14-4-7-16(17(21)10-14)20(22,23)32(28,29)30/h2-10H,11-12H2,1H3,(H2,28,29,30). The number of carbonyl (C=O) groups is 1. The van der Waals surface area contributed by atoms with Gasteiger partial charge in [-0.3, -0.25) is 13.7 Å². The Morgan fingerprint density at radius 3 is 2.09 bits per heavy atom. The van der Waals surface area contributed by atoms with Gasteiger partial charge in [-0.15, -0.1) is 0 Å². The number of alkyl halides is 2. The van der Waals surface area contributed by atoms with E-state index >= 15 is 0 Å². The van der Waals surface area contributed by atoms with Gasteiger partial charge in [0.1, 0.15) is 0 Å². The normalized spacial score (nSPS) is 12.1. The lowest BCUT2D eigenvalue weighted by molar-refractivity contribution is 0.0557. The summed E-state index contributed by atoms with van der Waals surface area (Å²) in [6.45, 7) is 0.317. The van der Waals surface area contributed by atoms with Crippen molar-refractivity contribution in [1.82, 2.24) is 9.13 Å². The van der Waals surface area contributed by atoms with Crippen LogP contribution in [-0.2, 0) is 28.1 Å². The Bertz CT molecular complexity index is 1250. The smallest absolute Gasteiger partial charge is 0.399 e. The van der Waals surface area contributed by atoms with Gasteiger partial charge in [-0.1, -0.05) is 40.2 Å². The first kappa shape index (κ1) is 24.1. The first-order chi connectivity index (χ1) is 14.9. The number of carbonyl (C=O) groups excluding carboxylic acids is 1. The third-order valence-electron chi connectivity index (χ3n) is 4.72. The minimum absolute atomic E-state index is 0.0630. The summed E-state index contributed by atoms with van der Waals surface area (Å²) in [5.41, 5.74) is -3.88. The lowest BCUT2D eigenvalue weighted by Crippen LogP contribution is -2.25. The third kappa shape index (κ3) is 4.91. The number of rotatable bonds is 7. The Balaban J connectivity index is 1.78. The number of halogens is 3. The highest BCUT2D eigenvalue weighted by atomic mass is 79.9. The van der Waals surface area contributed by atoms with Crippen molar-refractivity contribution < 1.29 is 32.7 Å². The molecule has 0 unspecified atom stereocenters. The van der Waals surface area contributed by atoms with E-state index in [-0.39, 0.29) is 23.3 Å². The number of hydrogen-bond acceptors (Lipinski definition) is 4. The molecule has 2 N–H and O–H groups in total. The molecule has 0 saturated carbocycles. The van der Waals surface area contributed by atoms with E-state index in [1.54, 1.807) is 30.5 Å². The topological polar surface area (TPSA) is 111 Å². The summed E-state index contributed by atoms with van der Waals surface area (Å²) >= 11 is 2.93. The van der Waals surface area contributed by atoms with Gasteiger partial charge in [0, 0.05) is 22.4 Å².